The Morgan fingerprint density at radius 1 is 1.25 bits per heavy atom. The molecule has 0 aromatic rings. The van der Waals surface area contributed by atoms with Gasteiger partial charge >= 0.3 is 9.28 Å². The molecule has 0 atom stereocenters. The minimum absolute atomic E-state index is 0.581. The molecule has 0 saturated heterocycles. The number of rotatable bonds is 4. The van der Waals surface area contributed by atoms with E-state index in [0.29, 0.717) is 12.6 Å². The zero-order valence-electron chi connectivity index (χ0n) is 4.88. The van der Waals surface area contributed by atoms with Crippen molar-refractivity contribution in [2.24, 2.45) is 5.73 Å². The van der Waals surface area contributed by atoms with E-state index >= 15 is 0 Å². The fraction of sp³-hybridized carbons (Fsp3) is 1.00. The largest absolute Gasteiger partial charge is 0.413 e. The maximum atomic E-state index is 8.43. The van der Waals surface area contributed by atoms with Crippen LogP contribution in [0.4, 0.5) is 0 Å². The van der Waals surface area contributed by atoms with Crippen LogP contribution >= 0.6 is 0 Å². The summed E-state index contributed by atoms with van der Waals surface area (Å²) in [6.07, 6.45) is 1.77. The SMILES string of the molecule is NCCCC[SiH](O)O. The second kappa shape index (κ2) is 5.24. The smallest absolute Gasteiger partial charge is 0.315 e. The highest BCUT2D eigenvalue weighted by atomic mass is 28.3. The standard InChI is InChI=1S/C4H13NO2Si/c5-3-1-2-4-8(6)7/h6-8H,1-5H2. The van der Waals surface area contributed by atoms with Crippen molar-refractivity contribution in [2.45, 2.75) is 18.9 Å². The second-order valence-electron chi connectivity index (χ2n) is 1.77. The number of unbranched alkanes of at least 4 members (excludes halogenated alkanes) is 1. The first-order chi connectivity index (χ1) is 3.77. The van der Waals surface area contributed by atoms with Crippen molar-refractivity contribution in [3.05, 3.63) is 0 Å². The molecule has 3 nitrogen and oxygen atoms in total. The quantitative estimate of drug-likeness (QED) is 0.340. The molecule has 8 heavy (non-hydrogen) atoms. The van der Waals surface area contributed by atoms with E-state index in [4.69, 9.17) is 15.3 Å². The molecule has 0 aromatic heterocycles. The topological polar surface area (TPSA) is 66.5 Å². The predicted molar refractivity (Wildman–Crippen MR) is 34.7 cm³/mol. The minimum atomic E-state index is -2.26. The summed E-state index contributed by atoms with van der Waals surface area (Å²) in [5.41, 5.74) is 5.17. The van der Waals surface area contributed by atoms with Gasteiger partial charge in [0.05, 0.1) is 0 Å². The first-order valence-electron chi connectivity index (χ1n) is 2.83. The van der Waals surface area contributed by atoms with Gasteiger partial charge in [0.15, 0.2) is 0 Å². The first-order valence-corrected chi connectivity index (χ1v) is 4.68. The predicted octanol–water partition coefficient (Wildman–Crippen LogP) is -1.07. The van der Waals surface area contributed by atoms with Crippen molar-refractivity contribution in [3.63, 3.8) is 0 Å². The lowest BCUT2D eigenvalue weighted by Gasteiger charge is -1.96. The molecule has 0 aliphatic carbocycles. The zero-order chi connectivity index (χ0) is 6.41. The number of hydrogen-bond donors (Lipinski definition) is 3. The van der Waals surface area contributed by atoms with Gasteiger partial charge in [0.1, 0.15) is 0 Å². The Morgan fingerprint density at radius 3 is 2.25 bits per heavy atom. The Labute approximate surface area is 51.0 Å². The van der Waals surface area contributed by atoms with Crippen LogP contribution in [-0.4, -0.2) is 25.4 Å². The van der Waals surface area contributed by atoms with E-state index in [9.17, 15) is 0 Å². The van der Waals surface area contributed by atoms with Gasteiger partial charge in [-0.15, -0.1) is 0 Å². The van der Waals surface area contributed by atoms with Gasteiger partial charge in [0, 0.05) is 0 Å². The molecule has 0 unspecified atom stereocenters. The van der Waals surface area contributed by atoms with E-state index < -0.39 is 9.28 Å². The van der Waals surface area contributed by atoms with E-state index in [2.05, 4.69) is 0 Å². The zero-order valence-corrected chi connectivity index (χ0v) is 6.03. The Morgan fingerprint density at radius 2 is 1.88 bits per heavy atom. The van der Waals surface area contributed by atoms with Crippen LogP contribution in [0, 0.1) is 0 Å². The third-order valence-corrected chi connectivity index (χ3v) is 1.84. The fourth-order valence-electron chi connectivity index (χ4n) is 0.471. The molecule has 0 fully saturated rings. The average Bonchev–Trinajstić information content (AvgIpc) is 1.66. The van der Waals surface area contributed by atoms with E-state index in [1.165, 1.54) is 0 Å². The summed E-state index contributed by atoms with van der Waals surface area (Å²) in [6.45, 7) is 0.654. The average molecular weight is 135 g/mol. The van der Waals surface area contributed by atoms with E-state index in [1.807, 2.05) is 0 Å². The lowest BCUT2D eigenvalue weighted by atomic mass is 10.3. The highest BCUT2D eigenvalue weighted by molar-refractivity contribution is 6.40. The van der Waals surface area contributed by atoms with Crippen LogP contribution in [0.25, 0.3) is 0 Å². The Kier molecular flexibility index (Phi) is 5.30. The molecule has 0 heterocycles. The maximum Gasteiger partial charge on any atom is 0.315 e. The minimum Gasteiger partial charge on any atom is -0.413 e. The highest BCUT2D eigenvalue weighted by Crippen LogP contribution is 1.94. The first kappa shape index (κ1) is 8.10. The summed E-state index contributed by atoms with van der Waals surface area (Å²) >= 11 is 0. The van der Waals surface area contributed by atoms with Gasteiger partial charge in [0.25, 0.3) is 0 Å². The highest BCUT2D eigenvalue weighted by Gasteiger charge is 1.98. The Bertz CT molecular complexity index is 51.3. The summed E-state index contributed by atoms with van der Waals surface area (Å²) in [7, 11) is -2.26. The maximum absolute atomic E-state index is 8.43. The summed E-state index contributed by atoms with van der Waals surface area (Å²) < 4.78 is 0. The molecular weight excluding hydrogens is 122 g/mol. The van der Waals surface area contributed by atoms with Crippen LogP contribution in [0.2, 0.25) is 6.04 Å². The number of nitrogens with two attached hydrogens (primary N) is 1. The van der Waals surface area contributed by atoms with Crippen LogP contribution in [0.3, 0.4) is 0 Å². The molecule has 0 aliphatic rings. The van der Waals surface area contributed by atoms with Crippen molar-refractivity contribution >= 4 is 9.28 Å². The van der Waals surface area contributed by atoms with Gasteiger partial charge in [-0.25, -0.2) is 0 Å². The van der Waals surface area contributed by atoms with Crippen LogP contribution in [0.15, 0.2) is 0 Å². The lowest BCUT2D eigenvalue weighted by Crippen LogP contribution is -2.10. The molecule has 0 saturated carbocycles. The van der Waals surface area contributed by atoms with E-state index in [-0.39, 0.29) is 0 Å². The van der Waals surface area contributed by atoms with Gasteiger partial charge in [-0.1, -0.05) is 6.42 Å². The monoisotopic (exact) mass is 135 g/mol. The molecule has 4 N–H and O–H groups in total. The van der Waals surface area contributed by atoms with Crippen LogP contribution in [0.5, 0.6) is 0 Å². The third kappa shape index (κ3) is 6.10. The van der Waals surface area contributed by atoms with Crippen LogP contribution < -0.4 is 5.73 Å². The van der Waals surface area contributed by atoms with Gasteiger partial charge in [-0.05, 0) is 19.0 Å². The molecule has 50 valence electrons. The van der Waals surface area contributed by atoms with E-state index in [1.54, 1.807) is 0 Å². The van der Waals surface area contributed by atoms with Crippen molar-refractivity contribution in [3.8, 4) is 0 Å². The van der Waals surface area contributed by atoms with Crippen LogP contribution in [-0.2, 0) is 0 Å². The Hall–Kier alpha value is 0.0969. The summed E-state index contributed by atoms with van der Waals surface area (Å²) in [5, 5.41) is 0. The Balaban J connectivity index is 2.72. The molecule has 0 aliphatic heterocycles. The lowest BCUT2D eigenvalue weighted by molar-refractivity contribution is 0.402. The fourth-order valence-corrected chi connectivity index (χ4v) is 1.13. The van der Waals surface area contributed by atoms with Crippen LogP contribution in [0.1, 0.15) is 12.8 Å². The molecular formula is C4H13NO2Si. The molecule has 4 heteroatoms. The van der Waals surface area contributed by atoms with Crippen molar-refractivity contribution in [1.82, 2.24) is 0 Å². The molecule has 0 spiro atoms. The third-order valence-electron chi connectivity index (χ3n) is 0.916. The van der Waals surface area contributed by atoms with Gasteiger partial charge in [-0.3, -0.25) is 0 Å². The molecule has 0 aromatic carbocycles. The van der Waals surface area contributed by atoms with Gasteiger partial charge in [-0.2, -0.15) is 0 Å². The molecule has 0 amide bonds. The summed E-state index contributed by atoms with van der Waals surface area (Å²) in [4.78, 5) is 16.9. The molecule has 0 bridgehead atoms. The molecule has 0 radical (unpaired) electrons. The summed E-state index contributed by atoms with van der Waals surface area (Å²) in [5.74, 6) is 0. The number of hydrogen-bond acceptors (Lipinski definition) is 3. The normalized spacial score (nSPS) is 10.5. The van der Waals surface area contributed by atoms with E-state index in [0.717, 1.165) is 12.8 Å². The second-order valence-corrected chi connectivity index (χ2v) is 3.30. The van der Waals surface area contributed by atoms with Crippen molar-refractivity contribution < 1.29 is 9.59 Å². The molecule has 0 rings (SSSR count). The summed E-state index contributed by atoms with van der Waals surface area (Å²) in [6, 6.07) is 0.581. The van der Waals surface area contributed by atoms with Gasteiger partial charge < -0.3 is 15.3 Å². The van der Waals surface area contributed by atoms with Crippen molar-refractivity contribution in [2.75, 3.05) is 6.54 Å². The van der Waals surface area contributed by atoms with Crippen molar-refractivity contribution in [1.29, 1.82) is 0 Å². The van der Waals surface area contributed by atoms with Gasteiger partial charge in [0.2, 0.25) is 0 Å².